The maximum absolute atomic E-state index is 5.53. The van der Waals surface area contributed by atoms with Crippen molar-refractivity contribution in [2.45, 2.75) is 57.6 Å². The molecule has 0 spiro atoms. The third-order valence-electron chi connectivity index (χ3n) is 4.09. The van der Waals surface area contributed by atoms with Crippen LogP contribution < -0.4 is 5.32 Å². The zero-order valence-electron chi connectivity index (χ0n) is 12.0. The molecule has 1 aliphatic heterocycles. The van der Waals surface area contributed by atoms with Crippen LogP contribution in [0.2, 0.25) is 0 Å². The number of rotatable bonds is 4. The van der Waals surface area contributed by atoms with Gasteiger partial charge in [-0.25, -0.2) is 0 Å². The van der Waals surface area contributed by atoms with Gasteiger partial charge in [-0.15, -0.1) is 0 Å². The molecule has 1 aliphatic rings. The summed E-state index contributed by atoms with van der Waals surface area (Å²) in [5.74, 6) is 0.659. The minimum atomic E-state index is -0.0109. The molecule has 2 rings (SSSR count). The van der Waals surface area contributed by atoms with Crippen molar-refractivity contribution in [2.75, 3.05) is 12.4 Å². The highest BCUT2D eigenvalue weighted by Gasteiger charge is 2.26. The molecule has 2 unspecified atom stereocenters. The molecular weight excluding hydrogens is 222 g/mol. The lowest BCUT2D eigenvalue weighted by Crippen LogP contribution is -2.28. The maximum Gasteiger partial charge on any atom is 0.0623 e. The Morgan fingerprint density at radius 3 is 2.78 bits per heavy atom. The van der Waals surface area contributed by atoms with Crippen molar-refractivity contribution < 1.29 is 4.74 Å². The van der Waals surface area contributed by atoms with E-state index in [-0.39, 0.29) is 5.60 Å². The first-order chi connectivity index (χ1) is 8.52. The molecule has 18 heavy (non-hydrogen) atoms. The predicted octanol–water partition coefficient (Wildman–Crippen LogP) is 4.18. The second-order valence-corrected chi connectivity index (χ2v) is 6.07. The first-order valence-electron chi connectivity index (χ1n) is 6.92. The summed E-state index contributed by atoms with van der Waals surface area (Å²) < 4.78 is 5.53. The van der Waals surface area contributed by atoms with E-state index in [0.29, 0.717) is 12.0 Å². The van der Waals surface area contributed by atoms with E-state index >= 15 is 0 Å². The van der Waals surface area contributed by atoms with E-state index in [1.165, 1.54) is 24.1 Å². The summed E-state index contributed by atoms with van der Waals surface area (Å²) in [7, 11) is 1.80. The Labute approximate surface area is 111 Å². The average Bonchev–Trinajstić information content (AvgIpc) is 2.36. The highest BCUT2D eigenvalue weighted by Crippen LogP contribution is 2.38. The molecule has 1 heterocycles. The average molecular weight is 247 g/mol. The zero-order chi connectivity index (χ0) is 13.2. The van der Waals surface area contributed by atoms with Crippen molar-refractivity contribution in [3.05, 3.63) is 29.8 Å². The number of anilines is 1. The fraction of sp³-hybridized carbons (Fsp3) is 0.625. The quantitative estimate of drug-likeness (QED) is 0.861. The van der Waals surface area contributed by atoms with E-state index in [9.17, 15) is 0 Å². The third kappa shape index (κ3) is 3.05. The van der Waals surface area contributed by atoms with Crippen molar-refractivity contribution in [1.82, 2.24) is 0 Å². The Morgan fingerprint density at radius 2 is 2.06 bits per heavy atom. The Bertz CT molecular complexity index is 400. The molecule has 1 aromatic rings. The number of fused-ring (bicyclic) bond motifs is 1. The van der Waals surface area contributed by atoms with Crippen LogP contribution in [0, 0.1) is 0 Å². The smallest absolute Gasteiger partial charge is 0.0623 e. The number of hydrogen-bond donors (Lipinski definition) is 1. The Kier molecular flexibility index (Phi) is 3.96. The molecule has 0 fully saturated rings. The van der Waals surface area contributed by atoms with Crippen LogP contribution in [0.25, 0.3) is 0 Å². The monoisotopic (exact) mass is 247 g/mol. The molecule has 0 radical (unpaired) electrons. The van der Waals surface area contributed by atoms with E-state index in [1.54, 1.807) is 7.11 Å². The lowest BCUT2D eigenvalue weighted by molar-refractivity contribution is 0.0121. The van der Waals surface area contributed by atoms with Gasteiger partial charge in [0.05, 0.1) is 5.60 Å². The number of nitrogens with one attached hydrogen (secondary N) is 1. The van der Waals surface area contributed by atoms with Gasteiger partial charge in [-0.3, -0.25) is 0 Å². The van der Waals surface area contributed by atoms with E-state index in [2.05, 4.69) is 50.4 Å². The van der Waals surface area contributed by atoms with Crippen LogP contribution in [0.15, 0.2) is 24.3 Å². The summed E-state index contributed by atoms with van der Waals surface area (Å²) in [4.78, 5) is 0. The first kappa shape index (κ1) is 13.4. The zero-order valence-corrected chi connectivity index (χ0v) is 12.0. The van der Waals surface area contributed by atoms with Crippen molar-refractivity contribution in [3.8, 4) is 0 Å². The van der Waals surface area contributed by atoms with Gasteiger partial charge in [0.25, 0.3) is 0 Å². The van der Waals surface area contributed by atoms with Gasteiger partial charge in [-0.2, -0.15) is 0 Å². The van der Waals surface area contributed by atoms with Gasteiger partial charge in [-0.05, 0) is 57.6 Å². The number of methoxy groups -OCH3 is 1. The van der Waals surface area contributed by atoms with Crippen LogP contribution in [0.1, 0.15) is 51.5 Å². The van der Waals surface area contributed by atoms with Crippen LogP contribution in [-0.2, 0) is 4.74 Å². The lowest BCUT2D eigenvalue weighted by Gasteiger charge is -2.33. The Balaban J connectivity index is 2.09. The second-order valence-electron chi connectivity index (χ2n) is 6.07. The van der Waals surface area contributed by atoms with E-state index < -0.39 is 0 Å². The highest BCUT2D eigenvalue weighted by molar-refractivity contribution is 5.55. The second kappa shape index (κ2) is 5.31. The Hall–Kier alpha value is -1.02. The van der Waals surface area contributed by atoms with Gasteiger partial charge < -0.3 is 10.1 Å². The van der Waals surface area contributed by atoms with Gasteiger partial charge in [-0.1, -0.05) is 18.2 Å². The van der Waals surface area contributed by atoms with Gasteiger partial charge in [0, 0.05) is 18.8 Å². The molecule has 0 saturated carbocycles. The standard InChI is InChI=1S/C16H25NO/c1-12-11-13(9-10-16(2,3)18-4)14-7-5-6-8-15(14)17-12/h5-8,12-13,17H,9-11H2,1-4H3. The topological polar surface area (TPSA) is 21.3 Å². The van der Waals surface area contributed by atoms with Crippen molar-refractivity contribution in [2.24, 2.45) is 0 Å². The molecule has 2 nitrogen and oxygen atoms in total. The fourth-order valence-corrected chi connectivity index (χ4v) is 2.76. The van der Waals surface area contributed by atoms with Crippen LogP contribution in [0.5, 0.6) is 0 Å². The minimum absolute atomic E-state index is 0.0109. The molecule has 2 heteroatoms. The molecule has 0 aliphatic carbocycles. The number of hydrogen-bond acceptors (Lipinski definition) is 2. The van der Waals surface area contributed by atoms with E-state index in [0.717, 1.165) is 6.42 Å². The summed E-state index contributed by atoms with van der Waals surface area (Å²) in [5, 5.41) is 3.57. The van der Waals surface area contributed by atoms with Gasteiger partial charge >= 0.3 is 0 Å². The van der Waals surface area contributed by atoms with Gasteiger partial charge in [0.15, 0.2) is 0 Å². The molecule has 1 aromatic carbocycles. The largest absolute Gasteiger partial charge is 0.382 e. The minimum Gasteiger partial charge on any atom is -0.382 e. The van der Waals surface area contributed by atoms with Crippen LogP contribution in [0.3, 0.4) is 0 Å². The SMILES string of the molecule is COC(C)(C)CCC1CC(C)Nc2ccccc21. The summed E-state index contributed by atoms with van der Waals surface area (Å²) in [5.41, 5.74) is 2.78. The number of benzene rings is 1. The number of para-hydroxylation sites is 1. The molecule has 0 saturated heterocycles. The molecular formula is C16H25NO. The van der Waals surface area contributed by atoms with Crippen LogP contribution in [0.4, 0.5) is 5.69 Å². The highest BCUT2D eigenvalue weighted by atomic mass is 16.5. The van der Waals surface area contributed by atoms with Crippen molar-refractivity contribution >= 4 is 5.69 Å². The van der Waals surface area contributed by atoms with E-state index in [1.807, 2.05) is 0 Å². The van der Waals surface area contributed by atoms with Crippen LogP contribution >= 0.6 is 0 Å². The molecule has 0 bridgehead atoms. The summed E-state index contributed by atoms with van der Waals surface area (Å²) in [6.45, 7) is 6.61. The fourth-order valence-electron chi connectivity index (χ4n) is 2.76. The Morgan fingerprint density at radius 1 is 1.33 bits per heavy atom. The van der Waals surface area contributed by atoms with Gasteiger partial charge in [0.1, 0.15) is 0 Å². The lowest BCUT2D eigenvalue weighted by atomic mass is 9.82. The molecule has 2 atom stereocenters. The predicted molar refractivity (Wildman–Crippen MR) is 77.2 cm³/mol. The molecule has 100 valence electrons. The van der Waals surface area contributed by atoms with Gasteiger partial charge in [0.2, 0.25) is 0 Å². The van der Waals surface area contributed by atoms with Crippen molar-refractivity contribution in [3.63, 3.8) is 0 Å². The van der Waals surface area contributed by atoms with Crippen molar-refractivity contribution in [1.29, 1.82) is 0 Å². The normalized spacial score (nSPS) is 23.3. The third-order valence-corrected chi connectivity index (χ3v) is 4.09. The maximum atomic E-state index is 5.53. The van der Waals surface area contributed by atoms with E-state index in [4.69, 9.17) is 4.74 Å². The van der Waals surface area contributed by atoms with Crippen LogP contribution in [-0.4, -0.2) is 18.8 Å². The summed E-state index contributed by atoms with van der Waals surface area (Å²) in [6, 6.07) is 9.28. The first-order valence-corrected chi connectivity index (χ1v) is 6.92. The molecule has 0 aromatic heterocycles. The molecule has 0 amide bonds. The number of ether oxygens (including phenoxy) is 1. The summed E-state index contributed by atoms with van der Waals surface area (Å²) in [6.07, 6.45) is 3.52. The summed E-state index contributed by atoms with van der Waals surface area (Å²) >= 11 is 0. The molecule has 1 N–H and O–H groups in total.